The zero-order chi connectivity index (χ0) is 13.3. The van der Waals surface area contributed by atoms with Crippen LogP contribution >= 0.6 is 0 Å². The number of aromatic nitrogens is 2. The summed E-state index contributed by atoms with van der Waals surface area (Å²) in [5.74, 6) is 1.81. The molecular weight excluding hydrogens is 226 g/mol. The normalized spacial score (nSPS) is 17.4. The van der Waals surface area contributed by atoms with E-state index in [1.165, 1.54) is 6.42 Å². The van der Waals surface area contributed by atoms with E-state index < -0.39 is 0 Å². The number of hydrogen-bond donors (Lipinski definition) is 1. The smallest absolute Gasteiger partial charge is 0.135 e. The second-order valence-corrected chi connectivity index (χ2v) is 5.67. The monoisotopic (exact) mass is 249 g/mol. The van der Waals surface area contributed by atoms with Gasteiger partial charge in [-0.3, -0.25) is 0 Å². The second-order valence-electron chi connectivity index (χ2n) is 5.67. The molecule has 1 N–H and O–H groups in total. The number of aliphatic hydroxyl groups is 1. The Bertz CT molecular complexity index is 435. The van der Waals surface area contributed by atoms with Gasteiger partial charge < -0.3 is 10.0 Å². The van der Waals surface area contributed by atoms with Crippen molar-refractivity contribution in [2.24, 2.45) is 5.41 Å². The molecule has 0 aromatic carbocycles. The third kappa shape index (κ3) is 2.34. The second kappa shape index (κ2) is 4.84. The van der Waals surface area contributed by atoms with Crippen LogP contribution in [0.4, 0.5) is 5.82 Å². The van der Waals surface area contributed by atoms with Gasteiger partial charge in [-0.2, -0.15) is 0 Å². The summed E-state index contributed by atoms with van der Waals surface area (Å²) in [5.41, 5.74) is 2.26. The van der Waals surface area contributed by atoms with E-state index in [0.29, 0.717) is 0 Å². The lowest BCUT2D eigenvalue weighted by Gasteiger charge is -2.43. The Balaban J connectivity index is 2.21. The van der Waals surface area contributed by atoms with Crippen LogP contribution in [0.15, 0.2) is 0 Å². The lowest BCUT2D eigenvalue weighted by Crippen LogP contribution is -2.44. The van der Waals surface area contributed by atoms with Crippen LogP contribution in [-0.4, -0.2) is 35.3 Å². The van der Waals surface area contributed by atoms with E-state index in [0.717, 1.165) is 42.3 Å². The lowest BCUT2D eigenvalue weighted by atomic mass is 9.69. The van der Waals surface area contributed by atoms with Gasteiger partial charge in [-0.1, -0.05) is 6.42 Å². The van der Waals surface area contributed by atoms with E-state index in [9.17, 15) is 5.11 Å². The third-order valence-electron chi connectivity index (χ3n) is 4.16. The predicted octanol–water partition coefficient (Wildman–Crippen LogP) is 2.00. The molecule has 1 aromatic rings. The van der Waals surface area contributed by atoms with Gasteiger partial charge in [-0.25, -0.2) is 9.97 Å². The van der Waals surface area contributed by atoms with E-state index >= 15 is 0 Å². The summed E-state index contributed by atoms with van der Waals surface area (Å²) >= 11 is 0. The number of rotatable bonds is 4. The molecular formula is C14H23N3O. The highest BCUT2D eigenvalue weighted by Gasteiger charge is 2.37. The molecule has 1 heterocycles. The molecule has 0 unspecified atom stereocenters. The molecule has 2 rings (SSSR count). The number of anilines is 1. The largest absolute Gasteiger partial charge is 0.396 e. The van der Waals surface area contributed by atoms with Crippen molar-refractivity contribution in [3.63, 3.8) is 0 Å². The first-order valence-corrected chi connectivity index (χ1v) is 6.61. The van der Waals surface area contributed by atoms with E-state index in [1.807, 2.05) is 13.8 Å². The van der Waals surface area contributed by atoms with Crippen LogP contribution in [-0.2, 0) is 0 Å². The average Bonchev–Trinajstić information content (AvgIpc) is 2.28. The minimum absolute atomic E-state index is 0.0912. The molecule has 0 amide bonds. The van der Waals surface area contributed by atoms with E-state index in [4.69, 9.17) is 0 Å². The Labute approximate surface area is 109 Å². The van der Waals surface area contributed by atoms with Crippen LogP contribution in [0.25, 0.3) is 0 Å². The number of aryl methyl sites for hydroxylation is 2. The van der Waals surface area contributed by atoms with Crippen molar-refractivity contribution in [2.45, 2.75) is 40.0 Å². The molecule has 1 saturated carbocycles. The summed E-state index contributed by atoms with van der Waals surface area (Å²) in [6.45, 7) is 7.16. The molecule has 1 aliphatic rings. The number of nitrogens with zero attached hydrogens (tertiary/aromatic N) is 3. The Hall–Kier alpha value is -1.16. The fourth-order valence-electron chi connectivity index (χ4n) is 2.74. The molecule has 0 radical (unpaired) electrons. The van der Waals surface area contributed by atoms with Crippen molar-refractivity contribution in [3.05, 3.63) is 17.1 Å². The first kappa shape index (κ1) is 13.3. The maximum absolute atomic E-state index is 9.55. The quantitative estimate of drug-likeness (QED) is 0.886. The Morgan fingerprint density at radius 3 is 2.39 bits per heavy atom. The molecule has 0 aliphatic heterocycles. The van der Waals surface area contributed by atoms with E-state index in [1.54, 1.807) is 0 Å². The maximum Gasteiger partial charge on any atom is 0.135 e. The highest BCUT2D eigenvalue weighted by molar-refractivity contribution is 5.47. The molecule has 0 bridgehead atoms. The minimum Gasteiger partial charge on any atom is -0.396 e. The van der Waals surface area contributed by atoms with Crippen LogP contribution in [0.3, 0.4) is 0 Å². The molecule has 4 nitrogen and oxygen atoms in total. The average molecular weight is 249 g/mol. The van der Waals surface area contributed by atoms with Crippen molar-refractivity contribution >= 4 is 5.82 Å². The molecule has 4 heteroatoms. The maximum atomic E-state index is 9.55. The van der Waals surface area contributed by atoms with Crippen LogP contribution in [0, 0.1) is 26.2 Å². The summed E-state index contributed by atoms with van der Waals surface area (Å²) in [7, 11) is 2.06. The molecule has 1 fully saturated rings. The Morgan fingerprint density at radius 2 is 1.89 bits per heavy atom. The first-order valence-electron chi connectivity index (χ1n) is 6.61. The summed E-state index contributed by atoms with van der Waals surface area (Å²) in [6.07, 6.45) is 3.47. The third-order valence-corrected chi connectivity index (χ3v) is 4.16. The number of hydrogen-bond acceptors (Lipinski definition) is 4. The van der Waals surface area contributed by atoms with Gasteiger partial charge in [0.1, 0.15) is 11.6 Å². The molecule has 0 spiro atoms. The van der Waals surface area contributed by atoms with Crippen molar-refractivity contribution < 1.29 is 5.11 Å². The van der Waals surface area contributed by atoms with Crippen molar-refractivity contribution in [1.29, 1.82) is 0 Å². The van der Waals surface area contributed by atoms with Gasteiger partial charge in [0.15, 0.2) is 0 Å². The van der Waals surface area contributed by atoms with Gasteiger partial charge in [0.2, 0.25) is 0 Å². The van der Waals surface area contributed by atoms with Crippen molar-refractivity contribution in [1.82, 2.24) is 9.97 Å². The zero-order valence-corrected chi connectivity index (χ0v) is 11.8. The van der Waals surface area contributed by atoms with Gasteiger partial charge in [0.25, 0.3) is 0 Å². The van der Waals surface area contributed by atoms with Crippen LogP contribution in [0.1, 0.15) is 36.3 Å². The Morgan fingerprint density at radius 1 is 1.22 bits per heavy atom. The molecule has 100 valence electrons. The highest BCUT2D eigenvalue weighted by atomic mass is 16.3. The van der Waals surface area contributed by atoms with Crippen LogP contribution in [0.5, 0.6) is 0 Å². The summed E-state index contributed by atoms with van der Waals surface area (Å²) in [5, 5.41) is 9.55. The highest BCUT2D eigenvalue weighted by Crippen LogP contribution is 2.41. The number of aliphatic hydroxyl groups excluding tert-OH is 1. The molecule has 1 aliphatic carbocycles. The molecule has 1 aromatic heterocycles. The topological polar surface area (TPSA) is 49.2 Å². The minimum atomic E-state index is 0.0912. The Kier molecular flexibility index (Phi) is 3.57. The fourth-order valence-corrected chi connectivity index (χ4v) is 2.74. The lowest BCUT2D eigenvalue weighted by molar-refractivity contribution is 0.0522. The van der Waals surface area contributed by atoms with Crippen LogP contribution in [0.2, 0.25) is 0 Å². The fraction of sp³-hybridized carbons (Fsp3) is 0.714. The predicted molar refractivity (Wildman–Crippen MR) is 72.9 cm³/mol. The van der Waals surface area contributed by atoms with Gasteiger partial charge >= 0.3 is 0 Å². The van der Waals surface area contributed by atoms with Gasteiger partial charge in [-0.15, -0.1) is 0 Å². The molecule has 18 heavy (non-hydrogen) atoms. The van der Waals surface area contributed by atoms with Gasteiger partial charge in [0, 0.05) is 30.3 Å². The van der Waals surface area contributed by atoms with E-state index in [2.05, 4.69) is 28.8 Å². The SMILES string of the molecule is Cc1nc(C)c(C)c(N(C)CC2(CO)CCC2)n1. The standard InChI is InChI=1S/C14H23N3O/c1-10-11(2)15-12(3)16-13(10)17(4)8-14(9-18)6-5-7-14/h18H,5-9H2,1-4H3. The molecule has 0 saturated heterocycles. The summed E-state index contributed by atoms with van der Waals surface area (Å²) in [4.78, 5) is 11.1. The zero-order valence-electron chi connectivity index (χ0n) is 11.8. The summed E-state index contributed by atoms with van der Waals surface area (Å²) < 4.78 is 0. The van der Waals surface area contributed by atoms with Crippen molar-refractivity contribution in [3.8, 4) is 0 Å². The van der Waals surface area contributed by atoms with Crippen molar-refractivity contribution in [2.75, 3.05) is 25.1 Å². The molecule has 0 atom stereocenters. The van der Waals surface area contributed by atoms with Gasteiger partial charge in [0.05, 0.1) is 6.61 Å². The van der Waals surface area contributed by atoms with E-state index in [-0.39, 0.29) is 12.0 Å². The van der Waals surface area contributed by atoms with Crippen LogP contribution < -0.4 is 4.90 Å². The van der Waals surface area contributed by atoms with Gasteiger partial charge in [-0.05, 0) is 33.6 Å². The first-order chi connectivity index (χ1) is 8.47. The summed E-state index contributed by atoms with van der Waals surface area (Å²) in [6, 6.07) is 0.